The summed E-state index contributed by atoms with van der Waals surface area (Å²) >= 11 is 0. The van der Waals surface area contributed by atoms with Crippen LogP contribution >= 0.6 is 0 Å². The molecule has 0 saturated heterocycles. The molecule has 17 heavy (non-hydrogen) atoms. The molecule has 1 heteroatoms. The van der Waals surface area contributed by atoms with Crippen LogP contribution in [0.1, 0.15) is 37.7 Å². The van der Waals surface area contributed by atoms with Crippen LogP contribution in [0.3, 0.4) is 0 Å². The summed E-state index contributed by atoms with van der Waals surface area (Å²) in [5, 5.41) is 9.38. The van der Waals surface area contributed by atoms with Gasteiger partial charge in [-0.1, -0.05) is 56.2 Å². The van der Waals surface area contributed by atoms with E-state index >= 15 is 0 Å². The highest BCUT2D eigenvalue weighted by atomic mass is 16.3. The number of rotatable bonds is 3. The topological polar surface area (TPSA) is 20.2 Å². The molecule has 1 N–H and O–H groups in total. The van der Waals surface area contributed by atoms with Gasteiger partial charge in [0.2, 0.25) is 0 Å². The van der Waals surface area contributed by atoms with Crippen LogP contribution in [-0.2, 0) is 5.41 Å². The lowest BCUT2D eigenvalue weighted by Crippen LogP contribution is -2.26. The molecular weight excluding hydrogens is 208 g/mol. The Kier molecular flexibility index (Phi) is 3.68. The van der Waals surface area contributed by atoms with Gasteiger partial charge in [0, 0.05) is 5.41 Å². The van der Waals surface area contributed by atoms with Crippen molar-refractivity contribution in [2.75, 3.05) is 0 Å². The van der Waals surface area contributed by atoms with Gasteiger partial charge in [-0.15, -0.1) is 0 Å². The van der Waals surface area contributed by atoms with Gasteiger partial charge in [0.25, 0.3) is 0 Å². The van der Waals surface area contributed by atoms with Crippen molar-refractivity contribution in [3.05, 3.63) is 54.6 Å². The van der Waals surface area contributed by atoms with Crippen LogP contribution in [0, 0.1) is 0 Å². The second-order valence-corrected chi connectivity index (χ2v) is 4.86. The molecule has 0 atom stereocenters. The van der Waals surface area contributed by atoms with Crippen molar-refractivity contribution in [2.45, 2.75) is 37.5 Å². The minimum Gasteiger partial charge on any atom is -0.508 e. The van der Waals surface area contributed by atoms with Crippen LogP contribution in [0.2, 0.25) is 0 Å². The first kappa shape index (κ1) is 12.0. The van der Waals surface area contributed by atoms with Gasteiger partial charge in [-0.25, -0.2) is 0 Å². The van der Waals surface area contributed by atoms with Crippen molar-refractivity contribution < 1.29 is 5.11 Å². The monoisotopic (exact) mass is 228 g/mol. The van der Waals surface area contributed by atoms with Gasteiger partial charge in [0.15, 0.2) is 0 Å². The van der Waals surface area contributed by atoms with E-state index in [0.29, 0.717) is 5.75 Å². The van der Waals surface area contributed by atoms with Gasteiger partial charge in [-0.05, 0) is 30.5 Å². The second-order valence-electron chi connectivity index (χ2n) is 4.86. The maximum absolute atomic E-state index is 9.38. The average Bonchev–Trinajstić information content (AvgIpc) is 2.38. The van der Waals surface area contributed by atoms with E-state index in [4.69, 9.17) is 0 Å². The van der Waals surface area contributed by atoms with Crippen molar-refractivity contribution in [2.24, 2.45) is 0 Å². The highest BCUT2D eigenvalue weighted by molar-refractivity contribution is 5.36. The molecule has 1 aliphatic rings. The molecule has 0 bridgehead atoms. The third-order valence-corrected chi connectivity index (χ3v) is 3.74. The Hall–Kier alpha value is -1.50. The molecule has 0 radical (unpaired) electrons. The maximum atomic E-state index is 9.38. The van der Waals surface area contributed by atoms with E-state index < -0.39 is 0 Å². The molecule has 0 aromatic heterocycles. The highest BCUT2D eigenvalue weighted by Gasteiger charge is 2.30. The Balaban J connectivity index is 2.34. The Labute approximate surface area is 103 Å². The fraction of sp³-hybridized carbons (Fsp3) is 0.375. The molecule has 1 aliphatic carbocycles. The average molecular weight is 228 g/mol. The minimum absolute atomic E-state index is 0.153. The predicted molar refractivity (Wildman–Crippen MR) is 72.2 cm³/mol. The molecule has 1 nitrogen and oxygen atoms in total. The number of hydrogen-bond donors (Lipinski definition) is 1. The van der Waals surface area contributed by atoms with Crippen LogP contribution in [0.25, 0.3) is 0 Å². The van der Waals surface area contributed by atoms with E-state index in [9.17, 15) is 5.11 Å². The standard InChI is InChI=1S/C16H20O/c1-2-3-11-16(12-5-4-6-13-16)14-7-9-15(17)10-8-14/h2-3,7-11,17H,1,4-6,12-13H2/b11-3+. The molecule has 0 heterocycles. The zero-order valence-electron chi connectivity index (χ0n) is 10.2. The van der Waals surface area contributed by atoms with Gasteiger partial charge < -0.3 is 5.11 Å². The highest BCUT2D eigenvalue weighted by Crippen LogP contribution is 2.41. The maximum Gasteiger partial charge on any atom is 0.115 e. The lowest BCUT2D eigenvalue weighted by molar-refractivity contribution is 0.357. The summed E-state index contributed by atoms with van der Waals surface area (Å²) in [6, 6.07) is 7.67. The van der Waals surface area contributed by atoms with Crippen LogP contribution < -0.4 is 0 Å². The normalized spacial score (nSPS) is 19.3. The first-order chi connectivity index (χ1) is 8.27. The van der Waals surface area contributed by atoms with Gasteiger partial charge >= 0.3 is 0 Å². The number of allylic oxidation sites excluding steroid dienone is 3. The largest absolute Gasteiger partial charge is 0.508 e. The van der Waals surface area contributed by atoms with Crippen LogP contribution in [0.4, 0.5) is 0 Å². The number of phenolic OH excluding ortho intramolecular Hbond substituents is 1. The first-order valence-corrected chi connectivity index (χ1v) is 6.37. The van der Waals surface area contributed by atoms with E-state index in [1.165, 1.54) is 37.7 Å². The summed E-state index contributed by atoms with van der Waals surface area (Å²) < 4.78 is 0. The number of phenols is 1. The number of aromatic hydroxyl groups is 1. The third-order valence-electron chi connectivity index (χ3n) is 3.74. The summed E-state index contributed by atoms with van der Waals surface area (Å²) in [6.45, 7) is 3.76. The smallest absolute Gasteiger partial charge is 0.115 e. The molecule has 1 fully saturated rings. The van der Waals surface area contributed by atoms with Crippen molar-refractivity contribution in [3.8, 4) is 5.75 Å². The zero-order valence-corrected chi connectivity index (χ0v) is 10.2. The quantitative estimate of drug-likeness (QED) is 0.763. The van der Waals surface area contributed by atoms with Crippen molar-refractivity contribution in [3.63, 3.8) is 0 Å². The van der Waals surface area contributed by atoms with Crippen molar-refractivity contribution in [1.29, 1.82) is 0 Å². The summed E-state index contributed by atoms with van der Waals surface area (Å²) in [5.41, 5.74) is 1.47. The summed E-state index contributed by atoms with van der Waals surface area (Å²) in [7, 11) is 0. The lowest BCUT2D eigenvalue weighted by atomic mass is 9.69. The Bertz CT molecular complexity index is 394. The van der Waals surface area contributed by atoms with Crippen molar-refractivity contribution in [1.82, 2.24) is 0 Å². The summed E-state index contributed by atoms with van der Waals surface area (Å²) in [4.78, 5) is 0. The molecule has 0 spiro atoms. The Morgan fingerprint density at radius 1 is 1.06 bits per heavy atom. The Morgan fingerprint density at radius 2 is 1.71 bits per heavy atom. The van der Waals surface area contributed by atoms with Gasteiger partial charge in [-0.2, -0.15) is 0 Å². The van der Waals surface area contributed by atoms with E-state index in [2.05, 4.69) is 18.7 Å². The molecule has 2 rings (SSSR count). The molecule has 0 amide bonds. The van der Waals surface area contributed by atoms with Crippen LogP contribution in [0.15, 0.2) is 49.1 Å². The molecule has 1 aromatic carbocycles. The van der Waals surface area contributed by atoms with Gasteiger partial charge in [-0.3, -0.25) is 0 Å². The third kappa shape index (κ3) is 2.60. The van der Waals surface area contributed by atoms with E-state index in [-0.39, 0.29) is 5.41 Å². The van der Waals surface area contributed by atoms with Crippen LogP contribution in [-0.4, -0.2) is 5.11 Å². The fourth-order valence-corrected chi connectivity index (χ4v) is 2.78. The zero-order chi connectivity index (χ0) is 12.1. The van der Waals surface area contributed by atoms with E-state index in [0.717, 1.165) is 0 Å². The second kappa shape index (κ2) is 5.22. The summed E-state index contributed by atoms with van der Waals surface area (Å²) in [6.07, 6.45) is 12.5. The molecule has 1 aromatic rings. The first-order valence-electron chi connectivity index (χ1n) is 6.37. The molecular formula is C16H20O. The predicted octanol–water partition coefficient (Wildman–Crippen LogP) is 4.34. The Morgan fingerprint density at radius 3 is 2.29 bits per heavy atom. The molecule has 0 aliphatic heterocycles. The molecule has 0 unspecified atom stereocenters. The molecule has 1 saturated carbocycles. The van der Waals surface area contributed by atoms with E-state index in [1.807, 2.05) is 18.2 Å². The van der Waals surface area contributed by atoms with Gasteiger partial charge in [0.05, 0.1) is 0 Å². The summed E-state index contributed by atoms with van der Waals surface area (Å²) in [5.74, 6) is 0.340. The van der Waals surface area contributed by atoms with Crippen LogP contribution in [0.5, 0.6) is 5.75 Å². The SMILES string of the molecule is C=C/C=C/C1(c2ccc(O)cc2)CCCCC1. The fourth-order valence-electron chi connectivity index (χ4n) is 2.78. The van der Waals surface area contributed by atoms with Gasteiger partial charge in [0.1, 0.15) is 5.75 Å². The number of hydrogen-bond acceptors (Lipinski definition) is 1. The number of benzene rings is 1. The lowest BCUT2D eigenvalue weighted by Gasteiger charge is -2.35. The minimum atomic E-state index is 0.153. The van der Waals surface area contributed by atoms with E-state index in [1.54, 1.807) is 12.1 Å². The molecule has 90 valence electrons. The van der Waals surface area contributed by atoms with Crippen molar-refractivity contribution >= 4 is 0 Å².